The number of nitrogens with one attached hydrogen (secondary N) is 2. The van der Waals surface area contributed by atoms with Crippen LogP contribution < -0.4 is 20.1 Å². The molecule has 1 aromatic carbocycles. The van der Waals surface area contributed by atoms with Crippen molar-refractivity contribution in [2.24, 2.45) is 0 Å². The van der Waals surface area contributed by atoms with Gasteiger partial charge >= 0.3 is 0 Å². The van der Waals surface area contributed by atoms with Crippen LogP contribution in [0.4, 0.5) is 0 Å². The first-order valence-electron chi connectivity index (χ1n) is 6.38. The molecule has 0 fully saturated rings. The number of hydrogen-bond acceptors (Lipinski definition) is 5. The Morgan fingerprint density at radius 3 is 2.43 bits per heavy atom. The normalized spacial score (nSPS) is 11.4. The fourth-order valence-electron chi connectivity index (χ4n) is 1.74. The fraction of sp³-hybridized carbons (Fsp3) is 0.429. The number of methoxy groups -OCH3 is 2. The molecule has 1 unspecified atom stereocenters. The molecule has 6 nitrogen and oxygen atoms in total. The zero-order valence-corrected chi connectivity index (χ0v) is 13.2. The third-order valence-electron chi connectivity index (χ3n) is 2.79. The zero-order chi connectivity index (χ0) is 15.8. The molecule has 21 heavy (non-hydrogen) atoms. The summed E-state index contributed by atoms with van der Waals surface area (Å²) in [6, 6.07) is 4.73. The van der Waals surface area contributed by atoms with Crippen molar-refractivity contribution in [3.8, 4) is 11.5 Å². The molecule has 7 heteroatoms. The Labute approximate surface area is 129 Å². The molecule has 2 amide bonds. The third kappa shape index (κ3) is 5.18. The van der Waals surface area contributed by atoms with Crippen molar-refractivity contribution in [2.45, 2.75) is 19.5 Å². The van der Waals surface area contributed by atoms with Gasteiger partial charge in [-0.2, -0.15) is 12.6 Å². The van der Waals surface area contributed by atoms with E-state index in [1.165, 1.54) is 6.92 Å². The van der Waals surface area contributed by atoms with Gasteiger partial charge < -0.3 is 20.1 Å². The highest BCUT2D eigenvalue weighted by Gasteiger charge is 2.17. The number of rotatable bonds is 7. The van der Waals surface area contributed by atoms with E-state index in [2.05, 4.69) is 23.3 Å². The molecule has 0 aromatic heterocycles. The molecule has 0 aliphatic carbocycles. The van der Waals surface area contributed by atoms with Gasteiger partial charge in [-0.15, -0.1) is 0 Å². The lowest BCUT2D eigenvalue weighted by atomic mass is 10.2. The number of thiol groups is 1. The van der Waals surface area contributed by atoms with Gasteiger partial charge in [-0.3, -0.25) is 9.59 Å². The summed E-state index contributed by atoms with van der Waals surface area (Å²) < 4.78 is 10.3. The second-order valence-electron chi connectivity index (χ2n) is 4.34. The summed E-state index contributed by atoms with van der Waals surface area (Å²) >= 11 is 4.06. The summed E-state index contributed by atoms with van der Waals surface area (Å²) in [5.74, 6) is 0.901. The van der Waals surface area contributed by atoms with Gasteiger partial charge in [0.05, 0.1) is 14.2 Å². The molecule has 0 aliphatic heterocycles. The number of carbonyl (C=O) groups excluding carboxylic acids is 2. The van der Waals surface area contributed by atoms with Crippen molar-refractivity contribution in [1.29, 1.82) is 0 Å². The SMILES string of the molecule is COc1ccc(CNC(=O)C(CS)NC(C)=O)cc1OC. The Morgan fingerprint density at radius 2 is 1.90 bits per heavy atom. The van der Waals surface area contributed by atoms with Crippen molar-refractivity contribution in [1.82, 2.24) is 10.6 Å². The van der Waals surface area contributed by atoms with E-state index in [0.29, 0.717) is 18.0 Å². The van der Waals surface area contributed by atoms with Crippen molar-refractivity contribution in [2.75, 3.05) is 20.0 Å². The highest BCUT2D eigenvalue weighted by atomic mass is 32.1. The van der Waals surface area contributed by atoms with Crippen LogP contribution in [0.3, 0.4) is 0 Å². The molecule has 1 rings (SSSR count). The fourth-order valence-corrected chi connectivity index (χ4v) is 2.00. The Hall–Kier alpha value is -1.89. The highest BCUT2D eigenvalue weighted by Crippen LogP contribution is 2.27. The molecule has 2 N–H and O–H groups in total. The Balaban J connectivity index is 2.65. The quantitative estimate of drug-likeness (QED) is 0.650. The maximum atomic E-state index is 11.9. The van der Waals surface area contributed by atoms with E-state index in [-0.39, 0.29) is 17.6 Å². The van der Waals surface area contributed by atoms with Crippen LogP contribution in [0, 0.1) is 0 Å². The molecule has 0 bridgehead atoms. The first-order chi connectivity index (χ1) is 10.0. The predicted octanol–water partition coefficient (Wildman–Crippen LogP) is 0.754. The molecule has 0 aliphatic rings. The molecule has 0 saturated heterocycles. The van der Waals surface area contributed by atoms with Crippen LogP contribution in [0.2, 0.25) is 0 Å². The van der Waals surface area contributed by atoms with E-state index < -0.39 is 6.04 Å². The van der Waals surface area contributed by atoms with E-state index >= 15 is 0 Å². The lowest BCUT2D eigenvalue weighted by Gasteiger charge is -2.16. The van der Waals surface area contributed by atoms with Gasteiger partial charge in [-0.1, -0.05) is 6.07 Å². The summed E-state index contributed by atoms with van der Waals surface area (Å²) in [5, 5.41) is 5.28. The van der Waals surface area contributed by atoms with Crippen LogP contribution >= 0.6 is 12.6 Å². The average molecular weight is 312 g/mol. The standard InChI is InChI=1S/C14H20N2O4S/c1-9(17)16-11(8-21)14(18)15-7-10-4-5-12(19-2)13(6-10)20-3/h4-6,11,21H,7-8H2,1-3H3,(H,15,18)(H,16,17). The van der Waals surface area contributed by atoms with Crippen molar-refractivity contribution < 1.29 is 19.1 Å². The maximum absolute atomic E-state index is 11.9. The van der Waals surface area contributed by atoms with E-state index in [1.54, 1.807) is 26.4 Å². The van der Waals surface area contributed by atoms with Gasteiger partial charge in [0, 0.05) is 19.2 Å². The first kappa shape index (κ1) is 17.2. The smallest absolute Gasteiger partial charge is 0.243 e. The van der Waals surface area contributed by atoms with Gasteiger partial charge in [-0.05, 0) is 17.7 Å². The van der Waals surface area contributed by atoms with E-state index in [4.69, 9.17) is 9.47 Å². The number of ether oxygens (including phenoxy) is 2. The third-order valence-corrected chi connectivity index (χ3v) is 3.16. The van der Waals surface area contributed by atoms with Crippen LogP contribution in [-0.2, 0) is 16.1 Å². The van der Waals surface area contributed by atoms with E-state index in [1.807, 2.05) is 6.07 Å². The minimum absolute atomic E-state index is 0.233. The Morgan fingerprint density at radius 1 is 1.24 bits per heavy atom. The molecule has 0 radical (unpaired) electrons. The van der Waals surface area contributed by atoms with Gasteiger partial charge in [0.25, 0.3) is 0 Å². The van der Waals surface area contributed by atoms with Crippen LogP contribution in [0.25, 0.3) is 0 Å². The topological polar surface area (TPSA) is 76.7 Å². The Kier molecular flexibility index (Phi) is 6.87. The number of benzene rings is 1. The maximum Gasteiger partial charge on any atom is 0.243 e. The number of hydrogen-bond donors (Lipinski definition) is 3. The van der Waals surface area contributed by atoms with Crippen LogP contribution in [-0.4, -0.2) is 37.8 Å². The van der Waals surface area contributed by atoms with Gasteiger partial charge in [-0.25, -0.2) is 0 Å². The second-order valence-corrected chi connectivity index (χ2v) is 4.71. The average Bonchev–Trinajstić information content (AvgIpc) is 2.49. The van der Waals surface area contributed by atoms with Crippen LogP contribution in [0.1, 0.15) is 12.5 Å². The second kappa shape index (κ2) is 8.41. The highest BCUT2D eigenvalue weighted by molar-refractivity contribution is 7.80. The van der Waals surface area contributed by atoms with E-state index in [0.717, 1.165) is 5.56 Å². The van der Waals surface area contributed by atoms with Crippen molar-refractivity contribution in [3.63, 3.8) is 0 Å². The summed E-state index contributed by atoms with van der Waals surface area (Å²) in [7, 11) is 3.11. The minimum atomic E-state index is -0.647. The summed E-state index contributed by atoms with van der Waals surface area (Å²) in [4.78, 5) is 22.9. The molecular weight excluding hydrogens is 292 g/mol. The largest absolute Gasteiger partial charge is 0.493 e. The van der Waals surface area contributed by atoms with Gasteiger partial charge in [0.1, 0.15) is 6.04 Å². The lowest BCUT2D eigenvalue weighted by Crippen LogP contribution is -2.47. The molecule has 1 atom stereocenters. The number of amides is 2. The first-order valence-corrected chi connectivity index (χ1v) is 7.01. The molecular formula is C14H20N2O4S. The monoisotopic (exact) mass is 312 g/mol. The van der Waals surface area contributed by atoms with Crippen LogP contribution in [0.5, 0.6) is 11.5 Å². The minimum Gasteiger partial charge on any atom is -0.493 e. The summed E-state index contributed by atoms with van der Waals surface area (Å²) in [6.45, 7) is 1.68. The predicted molar refractivity (Wildman–Crippen MR) is 82.9 cm³/mol. The van der Waals surface area contributed by atoms with Crippen molar-refractivity contribution in [3.05, 3.63) is 23.8 Å². The lowest BCUT2D eigenvalue weighted by molar-refractivity contribution is -0.127. The van der Waals surface area contributed by atoms with Gasteiger partial charge in [0.2, 0.25) is 11.8 Å². The molecule has 116 valence electrons. The summed E-state index contributed by atoms with van der Waals surface area (Å²) in [5.41, 5.74) is 0.863. The number of carbonyl (C=O) groups is 2. The van der Waals surface area contributed by atoms with E-state index in [9.17, 15) is 9.59 Å². The summed E-state index contributed by atoms with van der Waals surface area (Å²) in [6.07, 6.45) is 0. The zero-order valence-electron chi connectivity index (χ0n) is 12.3. The molecule has 0 saturated carbocycles. The molecule has 1 aromatic rings. The molecule has 0 spiro atoms. The van der Waals surface area contributed by atoms with Gasteiger partial charge in [0.15, 0.2) is 11.5 Å². The van der Waals surface area contributed by atoms with Crippen molar-refractivity contribution >= 4 is 24.4 Å². The Bertz CT molecular complexity index is 508. The molecule has 0 heterocycles. The van der Waals surface area contributed by atoms with Crippen LogP contribution in [0.15, 0.2) is 18.2 Å².